The van der Waals surface area contributed by atoms with Crippen LogP contribution in [0, 0.1) is 0 Å². The van der Waals surface area contributed by atoms with Gasteiger partial charge in [-0.2, -0.15) is 0 Å². The first-order chi connectivity index (χ1) is 17.4. The number of carbonyl (C=O) groups is 2. The van der Waals surface area contributed by atoms with Crippen molar-refractivity contribution in [3.05, 3.63) is 95.6 Å². The topological polar surface area (TPSA) is 64.6 Å². The van der Waals surface area contributed by atoms with Gasteiger partial charge in [0.25, 0.3) is 5.91 Å². The molecule has 190 valence electrons. The third kappa shape index (κ3) is 7.95. The van der Waals surface area contributed by atoms with Gasteiger partial charge in [0, 0.05) is 5.69 Å². The van der Waals surface area contributed by atoms with E-state index in [1.807, 2.05) is 30.3 Å². The van der Waals surface area contributed by atoms with Crippen molar-refractivity contribution in [1.29, 1.82) is 0 Å². The molecule has 6 nitrogen and oxygen atoms in total. The van der Waals surface area contributed by atoms with Crippen molar-refractivity contribution >= 4 is 17.6 Å². The molecule has 0 aliphatic rings. The van der Waals surface area contributed by atoms with E-state index in [9.17, 15) is 9.59 Å². The average molecular weight is 490 g/mol. The number of ether oxygens (including phenoxy) is 2. The highest BCUT2D eigenvalue weighted by atomic mass is 16.5. The highest BCUT2D eigenvalue weighted by Crippen LogP contribution is 2.21. The molecule has 0 spiro atoms. The predicted molar refractivity (Wildman–Crippen MR) is 144 cm³/mol. The Balaban J connectivity index is 1.51. The minimum Gasteiger partial charge on any atom is -0.493 e. The van der Waals surface area contributed by atoms with E-state index in [0.717, 1.165) is 37.0 Å². The number of rotatable bonds is 13. The predicted octanol–water partition coefficient (Wildman–Crippen LogP) is 5.59. The molecule has 36 heavy (non-hydrogen) atoms. The molecule has 0 bridgehead atoms. The fourth-order valence-electron chi connectivity index (χ4n) is 3.75. The summed E-state index contributed by atoms with van der Waals surface area (Å²) in [5.74, 6) is -0.0751. The summed E-state index contributed by atoms with van der Waals surface area (Å²) in [6.07, 6.45) is 1.77. The van der Waals surface area contributed by atoms with Gasteiger partial charge < -0.3 is 19.3 Å². The van der Waals surface area contributed by atoms with Gasteiger partial charge in [0.1, 0.15) is 18.9 Å². The summed E-state index contributed by atoms with van der Waals surface area (Å²) in [5, 5.41) is 2.89. The first-order valence-corrected chi connectivity index (χ1v) is 12.6. The summed E-state index contributed by atoms with van der Waals surface area (Å²) in [7, 11) is 2.15. The minimum atomic E-state index is -0.360. The smallest absolute Gasteiger partial charge is 0.338 e. The first-order valence-electron chi connectivity index (χ1n) is 12.6. The number of hydrogen-bond acceptors (Lipinski definition) is 4. The van der Waals surface area contributed by atoms with Gasteiger partial charge in [-0.1, -0.05) is 42.5 Å². The van der Waals surface area contributed by atoms with Crippen LogP contribution >= 0.6 is 0 Å². The van der Waals surface area contributed by atoms with Crippen LogP contribution in [0.1, 0.15) is 46.5 Å². The number of nitrogens with one attached hydrogen (secondary N) is 1. The van der Waals surface area contributed by atoms with E-state index in [-0.39, 0.29) is 11.9 Å². The summed E-state index contributed by atoms with van der Waals surface area (Å²) >= 11 is 0. The van der Waals surface area contributed by atoms with Crippen molar-refractivity contribution in [2.75, 3.05) is 45.2 Å². The van der Waals surface area contributed by atoms with Gasteiger partial charge in [0.2, 0.25) is 0 Å². The SMILES string of the molecule is CC[N+](C)(CC)CCOC(=O)c1ccc(NC(=O)c2ccccc2OCCCc2ccccc2)cc1. The summed E-state index contributed by atoms with van der Waals surface area (Å²) < 4.78 is 12.2. The molecule has 0 aliphatic carbocycles. The maximum atomic E-state index is 12.9. The summed E-state index contributed by atoms with van der Waals surface area (Å²) in [5.41, 5.74) is 2.78. The molecular weight excluding hydrogens is 452 g/mol. The fraction of sp³-hybridized carbons (Fsp3) is 0.333. The summed E-state index contributed by atoms with van der Waals surface area (Å²) in [6, 6.07) is 24.2. The number of benzene rings is 3. The Morgan fingerprint density at radius 3 is 2.19 bits per heavy atom. The van der Waals surface area contributed by atoms with Crippen molar-refractivity contribution in [3.63, 3.8) is 0 Å². The Hall–Kier alpha value is -3.64. The lowest BCUT2D eigenvalue weighted by Crippen LogP contribution is -2.46. The van der Waals surface area contributed by atoms with Crippen LogP contribution in [0.15, 0.2) is 78.9 Å². The number of hydrogen-bond donors (Lipinski definition) is 1. The Morgan fingerprint density at radius 2 is 1.50 bits per heavy atom. The normalized spacial score (nSPS) is 11.1. The number of quaternary nitrogens is 1. The summed E-state index contributed by atoms with van der Waals surface area (Å²) in [4.78, 5) is 25.3. The maximum Gasteiger partial charge on any atom is 0.338 e. The van der Waals surface area contributed by atoms with Crippen LogP contribution < -0.4 is 10.1 Å². The molecule has 0 heterocycles. The fourth-order valence-corrected chi connectivity index (χ4v) is 3.75. The van der Waals surface area contributed by atoms with Crippen LogP contribution in [0.25, 0.3) is 0 Å². The van der Waals surface area contributed by atoms with Crippen LogP contribution in [-0.4, -0.2) is 56.3 Å². The zero-order valence-corrected chi connectivity index (χ0v) is 21.5. The second-order valence-electron chi connectivity index (χ2n) is 9.08. The van der Waals surface area contributed by atoms with Crippen LogP contribution in [0.2, 0.25) is 0 Å². The van der Waals surface area contributed by atoms with Crippen molar-refractivity contribution in [3.8, 4) is 5.75 Å². The second kappa shape index (κ2) is 13.4. The first kappa shape index (κ1) is 27.0. The third-order valence-corrected chi connectivity index (χ3v) is 6.61. The number of likely N-dealkylation sites (N-methyl/N-ethyl adjacent to an activating group) is 1. The number of para-hydroxylation sites is 1. The van der Waals surface area contributed by atoms with Crippen molar-refractivity contribution < 1.29 is 23.5 Å². The zero-order chi connectivity index (χ0) is 25.8. The molecule has 0 saturated heterocycles. The molecule has 0 atom stereocenters. The molecule has 1 N–H and O–H groups in total. The molecule has 1 amide bonds. The molecule has 0 radical (unpaired) electrons. The Kier molecular flexibility index (Phi) is 10.1. The maximum absolute atomic E-state index is 12.9. The lowest BCUT2D eigenvalue weighted by molar-refractivity contribution is -0.906. The molecule has 0 saturated carbocycles. The minimum absolute atomic E-state index is 0.264. The standard InChI is InChI=1S/C30H36N2O4/c1-4-32(3,5-2)21-23-36-30(34)25-17-19-26(20-18-25)31-29(33)27-15-9-10-16-28(27)35-22-11-14-24-12-7-6-8-13-24/h6-10,12-13,15-20H,4-5,11,14,21-23H2,1-3H3/p+1. The van der Waals surface area contributed by atoms with Crippen molar-refractivity contribution in [1.82, 2.24) is 0 Å². The highest BCUT2D eigenvalue weighted by Gasteiger charge is 2.18. The third-order valence-electron chi connectivity index (χ3n) is 6.61. The number of aryl methyl sites for hydroxylation is 1. The van der Waals surface area contributed by atoms with Crippen LogP contribution in [0.3, 0.4) is 0 Å². The van der Waals surface area contributed by atoms with E-state index in [0.29, 0.717) is 35.8 Å². The highest BCUT2D eigenvalue weighted by molar-refractivity contribution is 6.06. The zero-order valence-electron chi connectivity index (χ0n) is 21.5. The second-order valence-corrected chi connectivity index (χ2v) is 9.08. The molecule has 0 fully saturated rings. The van der Waals surface area contributed by atoms with E-state index in [1.165, 1.54) is 5.56 Å². The van der Waals surface area contributed by atoms with Gasteiger partial charge in [0.15, 0.2) is 0 Å². The number of esters is 1. The monoisotopic (exact) mass is 489 g/mol. The molecule has 0 aliphatic heterocycles. The van der Waals surface area contributed by atoms with Crippen molar-refractivity contribution in [2.45, 2.75) is 26.7 Å². The molecule has 0 unspecified atom stereocenters. The van der Waals surface area contributed by atoms with Gasteiger partial charge in [-0.05, 0) is 68.7 Å². The molecule has 3 aromatic rings. The Morgan fingerprint density at radius 1 is 0.833 bits per heavy atom. The molecule has 6 heteroatoms. The van der Waals surface area contributed by atoms with Crippen LogP contribution in [0.5, 0.6) is 5.75 Å². The van der Waals surface area contributed by atoms with Crippen LogP contribution in [-0.2, 0) is 11.2 Å². The van der Waals surface area contributed by atoms with Gasteiger partial charge >= 0.3 is 5.97 Å². The van der Waals surface area contributed by atoms with Crippen LogP contribution in [0.4, 0.5) is 5.69 Å². The Bertz CT molecular complexity index is 1110. The quantitative estimate of drug-likeness (QED) is 0.193. The Labute approximate surface area is 214 Å². The van der Waals surface area contributed by atoms with Gasteiger partial charge in [-0.25, -0.2) is 4.79 Å². The number of amides is 1. The number of carbonyl (C=O) groups excluding carboxylic acids is 2. The number of nitrogens with zero attached hydrogens (tertiary/aromatic N) is 1. The van der Waals surface area contributed by atoms with Crippen molar-refractivity contribution in [2.24, 2.45) is 0 Å². The van der Waals surface area contributed by atoms with E-state index in [1.54, 1.807) is 36.4 Å². The van der Waals surface area contributed by atoms with Gasteiger partial charge in [-0.3, -0.25) is 4.79 Å². The van der Waals surface area contributed by atoms with E-state index in [4.69, 9.17) is 9.47 Å². The molecular formula is C30H37N2O4+. The lowest BCUT2D eigenvalue weighted by Gasteiger charge is -2.31. The van der Waals surface area contributed by atoms with E-state index < -0.39 is 0 Å². The molecule has 3 aromatic carbocycles. The molecule has 3 rings (SSSR count). The number of anilines is 1. The molecule has 0 aromatic heterocycles. The average Bonchev–Trinajstić information content (AvgIpc) is 2.92. The summed E-state index contributed by atoms with van der Waals surface area (Å²) in [6.45, 7) is 7.92. The van der Waals surface area contributed by atoms with Gasteiger partial charge in [-0.15, -0.1) is 0 Å². The van der Waals surface area contributed by atoms with Gasteiger partial charge in [0.05, 0.1) is 37.9 Å². The lowest BCUT2D eigenvalue weighted by atomic mass is 10.1. The van der Waals surface area contributed by atoms with E-state index >= 15 is 0 Å². The van der Waals surface area contributed by atoms with E-state index in [2.05, 4.69) is 38.3 Å². The largest absolute Gasteiger partial charge is 0.493 e.